The first-order valence-corrected chi connectivity index (χ1v) is 14.7. The number of carbonyl (C=O) groups excluding carboxylic acids is 2. The van der Waals surface area contributed by atoms with Crippen LogP contribution >= 0.6 is 0 Å². The van der Waals surface area contributed by atoms with Gasteiger partial charge in [0.2, 0.25) is 0 Å². The third kappa shape index (κ3) is 6.84. The molecule has 0 bridgehead atoms. The molecule has 7 nitrogen and oxygen atoms in total. The van der Waals surface area contributed by atoms with Crippen molar-refractivity contribution in [3.8, 4) is 11.1 Å². The Morgan fingerprint density at radius 3 is 1.98 bits per heavy atom. The number of amides is 1. The van der Waals surface area contributed by atoms with E-state index in [4.69, 9.17) is 9.47 Å². The molecular weight excluding hydrogens is 530 g/mol. The van der Waals surface area contributed by atoms with Gasteiger partial charge in [-0.1, -0.05) is 72.8 Å². The average molecular weight is 570 g/mol. The summed E-state index contributed by atoms with van der Waals surface area (Å²) in [6.45, 7) is 5.79. The number of benzene rings is 3. The maximum atomic E-state index is 12.7. The van der Waals surface area contributed by atoms with Crippen LogP contribution in [0.25, 0.3) is 11.1 Å². The number of fused-ring (bicyclic) bond motifs is 3. The van der Waals surface area contributed by atoms with Crippen LogP contribution < -0.4 is 5.32 Å². The zero-order valence-corrected chi connectivity index (χ0v) is 24.5. The lowest BCUT2D eigenvalue weighted by atomic mass is 9.78. The third-order valence-electron chi connectivity index (χ3n) is 8.29. The van der Waals surface area contributed by atoms with Crippen molar-refractivity contribution in [3.05, 3.63) is 95.1 Å². The van der Waals surface area contributed by atoms with Crippen molar-refractivity contribution in [2.75, 3.05) is 6.61 Å². The van der Waals surface area contributed by atoms with Crippen LogP contribution in [-0.2, 0) is 25.5 Å². The highest BCUT2D eigenvalue weighted by atomic mass is 16.6. The fraction of sp³-hybridized carbons (Fsp3) is 0.400. The zero-order valence-electron chi connectivity index (χ0n) is 24.5. The van der Waals surface area contributed by atoms with E-state index in [0.29, 0.717) is 5.92 Å². The van der Waals surface area contributed by atoms with Crippen LogP contribution in [-0.4, -0.2) is 41.4 Å². The Morgan fingerprint density at radius 1 is 0.857 bits per heavy atom. The second kappa shape index (κ2) is 12.4. The number of aliphatic carboxylic acids is 1. The number of alkyl carbamates (subject to hydrolysis) is 1. The summed E-state index contributed by atoms with van der Waals surface area (Å²) in [5.74, 6) is -1.03. The van der Waals surface area contributed by atoms with E-state index in [1.165, 1.54) is 5.56 Å². The Balaban J connectivity index is 1.14. The standard InChI is InChI=1S/C35H39NO6/c1-35(2,3)42-33(39)25-18-16-24(17-19-25)23-14-12-22(13-15-23)20-31(32(37)38)36-34(40)41-21-30-28-10-6-4-8-26(28)27-9-5-7-11-29(27)30/h4-15,24-25,30-31H,16-21H2,1-3H3,(H,36,40)(H,37,38). The van der Waals surface area contributed by atoms with Crippen molar-refractivity contribution < 1.29 is 29.0 Å². The van der Waals surface area contributed by atoms with Crippen molar-refractivity contribution in [3.63, 3.8) is 0 Å². The van der Waals surface area contributed by atoms with Crippen LogP contribution in [0.1, 0.15) is 80.5 Å². The molecule has 3 aromatic carbocycles. The van der Waals surface area contributed by atoms with Gasteiger partial charge in [-0.15, -0.1) is 0 Å². The zero-order chi connectivity index (χ0) is 29.9. The lowest BCUT2D eigenvalue weighted by Gasteiger charge is -2.30. The first kappa shape index (κ1) is 29.4. The number of ether oxygens (including phenoxy) is 2. The normalized spacial score (nSPS) is 18.8. The Hall–Kier alpha value is -4.13. The molecule has 0 heterocycles. The van der Waals surface area contributed by atoms with E-state index in [0.717, 1.165) is 53.5 Å². The average Bonchev–Trinajstić information content (AvgIpc) is 3.29. The Morgan fingerprint density at radius 2 is 1.43 bits per heavy atom. The van der Waals surface area contributed by atoms with Crippen LogP contribution in [0.15, 0.2) is 72.8 Å². The van der Waals surface area contributed by atoms with Gasteiger partial charge in [0.25, 0.3) is 0 Å². The molecule has 7 heteroatoms. The highest BCUT2D eigenvalue weighted by Crippen LogP contribution is 2.44. The predicted octanol–water partition coefficient (Wildman–Crippen LogP) is 6.84. The van der Waals surface area contributed by atoms with E-state index in [9.17, 15) is 19.5 Å². The molecule has 2 N–H and O–H groups in total. The van der Waals surface area contributed by atoms with Gasteiger partial charge >= 0.3 is 18.0 Å². The number of carboxylic acids is 1. The molecule has 0 aliphatic heterocycles. The molecule has 1 unspecified atom stereocenters. The number of hydrogen-bond acceptors (Lipinski definition) is 5. The number of carboxylic acid groups (broad SMARTS) is 1. The minimum absolute atomic E-state index is 0.0555. The Bertz CT molecular complexity index is 1390. The topological polar surface area (TPSA) is 102 Å². The molecule has 220 valence electrons. The summed E-state index contributed by atoms with van der Waals surface area (Å²) in [4.78, 5) is 37.1. The number of hydrogen-bond donors (Lipinski definition) is 2. The molecule has 1 saturated carbocycles. The summed E-state index contributed by atoms with van der Waals surface area (Å²) in [5.41, 5.74) is 5.97. The molecule has 2 aliphatic rings. The maximum absolute atomic E-state index is 12.7. The lowest BCUT2D eigenvalue weighted by molar-refractivity contribution is -0.161. The molecule has 0 radical (unpaired) electrons. The van der Waals surface area contributed by atoms with Gasteiger partial charge in [0.15, 0.2) is 0 Å². The van der Waals surface area contributed by atoms with Gasteiger partial charge in [0.05, 0.1) is 5.92 Å². The molecule has 1 atom stereocenters. The van der Waals surface area contributed by atoms with Crippen LogP contribution in [0.2, 0.25) is 0 Å². The molecule has 0 spiro atoms. The van der Waals surface area contributed by atoms with Crippen molar-refractivity contribution in [1.82, 2.24) is 5.32 Å². The second-order valence-corrected chi connectivity index (χ2v) is 12.4. The van der Waals surface area contributed by atoms with E-state index in [1.807, 2.05) is 81.4 Å². The molecular formula is C35H39NO6. The van der Waals surface area contributed by atoms with E-state index in [1.54, 1.807) is 0 Å². The summed E-state index contributed by atoms with van der Waals surface area (Å²) < 4.78 is 11.1. The van der Waals surface area contributed by atoms with Crippen molar-refractivity contribution in [1.29, 1.82) is 0 Å². The predicted molar refractivity (Wildman–Crippen MR) is 160 cm³/mol. The molecule has 1 fully saturated rings. The van der Waals surface area contributed by atoms with Gasteiger partial charge < -0.3 is 19.9 Å². The van der Waals surface area contributed by atoms with Gasteiger partial charge in [-0.2, -0.15) is 0 Å². The number of rotatable bonds is 8. The van der Waals surface area contributed by atoms with E-state index < -0.39 is 23.7 Å². The van der Waals surface area contributed by atoms with E-state index in [-0.39, 0.29) is 30.8 Å². The molecule has 0 aromatic heterocycles. The van der Waals surface area contributed by atoms with Gasteiger partial charge in [-0.3, -0.25) is 4.79 Å². The van der Waals surface area contributed by atoms with Crippen LogP contribution in [0.5, 0.6) is 0 Å². The maximum Gasteiger partial charge on any atom is 0.407 e. The second-order valence-electron chi connectivity index (χ2n) is 12.4. The monoisotopic (exact) mass is 569 g/mol. The molecule has 3 aromatic rings. The minimum atomic E-state index is -1.12. The van der Waals surface area contributed by atoms with Crippen LogP contribution in [0.4, 0.5) is 4.79 Å². The highest BCUT2D eigenvalue weighted by molar-refractivity contribution is 5.81. The minimum Gasteiger partial charge on any atom is -0.480 e. The summed E-state index contributed by atoms with van der Waals surface area (Å²) in [6.07, 6.45) is 2.81. The van der Waals surface area contributed by atoms with Crippen molar-refractivity contribution in [2.24, 2.45) is 5.92 Å². The molecule has 1 amide bonds. The van der Waals surface area contributed by atoms with Gasteiger partial charge in [-0.05, 0) is 85.8 Å². The Kier molecular flexibility index (Phi) is 8.66. The van der Waals surface area contributed by atoms with Crippen molar-refractivity contribution in [2.45, 2.75) is 76.4 Å². The quantitative estimate of drug-likeness (QED) is 0.288. The highest BCUT2D eigenvalue weighted by Gasteiger charge is 2.31. The molecule has 42 heavy (non-hydrogen) atoms. The Labute approximate surface area is 247 Å². The van der Waals surface area contributed by atoms with Gasteiger partial charge in [0.1, 0.15) is 18.2 Å². The largest absolute Gasteiger partial charge is 0.480 e. The first-order valence-electron chi connectivity index (χ1n) is 14.7. The number of carbonyl (C=O) groups is 3. The summed E-state index contributed by atoms with van der Waals surface area (Å²) >= 11 is 0. The summed E-state index contributed by atoms with van der Waals surface area (Å²) in [5, 5.41) is 12.4. The van der Waals surface area contributed by atoms with Gasteiger partial charge in [0, 0.05) is 12.3 Å². The smallest absolute Gasteiger partial charge is 0.407 e. The van der Waals surface area contributed by atoms with Gasteiger partial charge in [-0.25, -0.2) is 9.59 Å². The number of esters is 1. The molecule has 5 rings (SSSR count). The summed E-state index contributed by atoms with van der Waals surface area (Å²) in [6, 6.07) is 22.9. The van der Waals surface area contributed by atoms with E-state index >= 15 is 0 Å². The fourth-order valence-electron chi connectivity index (χ4n) is 6.19. The van der Waals surface area contributed by atoms with Crippen molar-refractivity contribution >= 4 is 18.0 Å². The number of nitrogens with one attached hydrogen (secondary N) is 1. The van der Waals surface area contributed by atoms with E-state index in [2.05, 4.69) is 17.4 Å². The summed E-state index contributed by atoms with van der Waals surface area (Å²) in [7, 11) is 0. The first-order chi connectivity index (χ1) is 20.1. The molecule has 0 saturated heterocycles. The van der Waals surface area contributed by atoms with Crippen LogP contribution in [0, 0.1) is 5.92 Å². The lowest BCUT2D eigenvalue weighted by Crippen LogP contribution is -2.42. The third-order valence-corrected chi connectivity index (χ3v) is 8.29. The molecule has 2 aliphatic carbocycles. The fourth-order valence-corrected chi connectivity index (χ4v) is 6.19. The van der Waals surface area contributed by atoms with Crippen LogP contribution in [0.3, 0.4) is 0 Å². The SMILES string of the molecule is CC(C)(C)OC(=O)C1CCC(c2ccc(CC(NC(=O)OCC3c4ccccc4-c4ccccc43)C(=O)O)cc2)CC1.